The molecule has 0 radical (unpaired) electrons. The molecule has 140 valence electrons. The van der Waals surface area contributed by atoms with E-state index in [1.807, 2.05) is 24.3 Å². The van der Waals surface area contributed by atoms with Crippen molar-refractivity contribution in [3.05, 3.63) is 41.6 Å². The molecular formula is C17H22N4O4S. The number of nitrogens with zero attached hydrogens (tertiary/aromatic N) is 3. The number of carbonyl (C=O) groups excluding carboxylic acids is 1. The fourth-order valence-electron chi connectivity index (χ4n) is 2.93. The van der Waals surface area contributed by atoms with Gasteiger partial charge in [-0.25, -0.2) is 4.98 Å². The van der Waals surface area contributed by atoms with Crippen molar-refractivity contribution in [2.24, 2.45) is 0 Å². The summed E-state index contributed by atoms with van der Waals surface area (Å²) in [7, 11) is 1.03. The van der Waals surface area contributed by atoms with Crippen LogP contribution < -0.4 is 5.32 Å². The lowest BCUT2D eigenvalue weighted by molar-refractivity contribution is -0.00608. The lowest BCUT2D eigenvalue weighted by atomic mass is 10.0. The minimum atomic E-state index is -3.53. The average Bonchev–Trinajstić information content (AvgIpc) is 2.66. The maximum atomic E-state index is 12.4. The SMILES string of the molecule is CNC(=O)c1cc([C@H]2CN(S(=O)(=O)N(C)C)CCO2)nc2ccccc12. The van der Waals surface area contributed by atoms with Crippen molar-refractivity contribution < 1.29 is 17.9 Å². The van der Waals surface area contributed by atoms with E-state index < -0.39 is 16.3 Å². The minimum Gasteiger partial charge on any atom is -0.369 e. The molecule has 1 fully saturated rings. The van der Waals surface area contributed by atoms with E-state index in [1.54, 1.807) is 13.1 Å². The van der Waals surface area contributed by atoms with Gasteiger partial charge in [-0.3, -0.25) is 4.79 Å². The zero-order chi connectivity index (χ0) is 18.9. The maximum absolute atomic E-state index is 12.4. The van der Waals surface area contributed by atoms with Crippen LogP contribution in [0, 0.1) is 0 Å². The Bertz CT molecular complexity index is 930. The number of pyridine rings is 1. The molecule has 1 saturated heterocycles. The molecular weight excluding hydrogens is 356 g/mol. The number of nitrogens with one attached hydrogen (secondary N) is 1. The highest BCUT2D eigenvalue weighted by molar-refractivity contribution is 7.86. The van der Waals surface area contributed by atoms with Crippen LogP contribution in [0.1, 0.15) is 22.2 Å². The number of hydrogen-bond donors (Lipinski definition) is 1. The zero-order valence-corrected chi connectivity index (χ0v) is 15.8. The summed E-state index contributed by atoms with van der Waals surface area (Å²) in [4.78, 5) is 16.9. The number of hydrogen-bond acceptors (Lipinski definition) is 5. The highest BCUT2D eigenvalue weighted by Gasteiger charge is 2.32. The number of amides is 1. The van der Waals surface area contributed by atoms with Crippen molar-refractivity contribution in [3.8, 4) is 0 Å². The lowest BCUT2D eigenvalue weighted by Crippen LogP contribution is -2.47. The van der Waals surface area contributed by atoms with Gasteiger partial charge < -0.3 is 10.1 Å². The number of rotatable bonds is 4. The maximum Gasteiger partial charge on any atom is 0.281 e. The molecule has 0 aliphatic carbocycles. The molecule has 1 amide bonds. The second kappa shape index (κ2) is 7.28. The molecule has 26 heavy (non-hydrogen) atoms. The molecule has 1 N–H and O–H groups in total. The molecule has 9 heteroatoms. The Morgan fingerprint density at radius 3 is 2.77 bits per heavy atom. The van der Waals surface area contributed by atoms with Crippen LogP contribution in [0.3, 0.4) is 0 Å². The third-order valence-electron chi connectivity index (χ3n) is 4.35. The van der Waals surface area contributed by atoms with Gasteiger partial charge in [0.15, 0.2) is 0 Å². The summed E-state index contributed by atoms with van der Waals surface area (Å²) in [6.45, 7) is 0.702. The minimum absolute atomic E-state index is 0.152. The monoisotopic (exact) mass is 378 g/mol. The molecule has 3 rings (SSSR count). The van der Waals surface area contributed by atoms with E-state index in [-0.39, 0.29) is 25.6 Å². The Kier molecular flexibility index (Phi) is 5.24. The molecule has 0 spiro atoms. The molecule has 2 aromatic rings. The van der Waals surface area contributed by atoms with Crippen LogP contribution in [0.15, 0.2) is 30.3 Å². The number of carbonyl (C=O) groups is 1. The summed E-state index contributed by atoms with van der Waals surface area (Å²) in [6.07, 6.45) is -0.536. The Morgan fingerprint density at radius 1 is 1.35 bits per heavy atom. The van der Waals surface area contributed by atoms with Crippen molar-refractivity contribution >= 4 is 27.0 Å². The van der Waals surface area contributed by atoms with Crippen molar-refractivity contribution in [3.63, 3.8) is 0 Å². The van der Waals surface area contributed by atoms with Crippen molar-refractivity contribution in [1.82, 2.24) is 18.9 Å². The first-order valence-electron chi connectivity index (χ1n) is 8.25. The highest BCUT2D eigenvalue weighted by Crippen LogP contribution is 2.27. The van der Waals surface area contributed by atoms with Gasteiger partial charge in [0.2, 0.25) is 0 Å². The molecule has 1 aromatic heterocycles. The number of para-hydroxylation sites is 1. The third-order valence-corrected chi connectivity index (χ3v) is 6.26. The molecule has 1 aromatic carbocycles. The third kappa shape index (κ3) is 3.43. The fourth-order valence-corrected chi connectivity index (χ4v) is 4.02. The Labute approximate surface area is 152 Å². The molecule has 8 nitrogen and oxygen atoms in total. The number of morpholine rings is 1. The molecule has 0 saturated carbocycles. The van der Waals surface area contributed by atoms with Gasteiger partial charge >= 0.3 is 0 Å². The Hall–Kier alpha value is -2.07. The summed E-state index contributed by atoms with van der Waals surface area (Å²) >= 11 is 0. The van der Waals surface area contributed by atoms with E-state index in [0.29, 0.717) is 16.8 Å². The van der Waals surface area contributed by atoms with Crippen LogP contribution in [0.2, 0.25) is 0 Å². The molecule has 1 aliphatic rings. The van der Waals surface area contributed by atoms with E-state index >= 15 is 0 Å². The van der Waals surface area contributed by atoms with Crippen molar-refractivity contribution in [1.29, 1.82) is 0 Å². The van der Waals surface area contributed by atoms with E-state index in [1.165, 1.54) is 22.7 Å². The normalized spacial score (nSPS) is 19.0. The molecule has 2 heterocycles. The van der Waals surface area contributed by atoms with Gasteiger partial charge in [0, 0.05) is 39.6 Å². The fraction of sp³-hybridized carbons (Fsp3) is 0.412. The van der Waals surface area contributed by atoms with Crippen molar-refractivity contribution in [2.45, 2.75) is 6.10 Å². The molecule has 0 unspecified atom stereocenters. The number of aromatic nitrogens is 1. The lowest BCUT2D eigenvalue weighted by Gasteiger charge is -2.33. The van der Waals surface area contributed by atoms with Gasteiger partial charge in [-0.2, -0.15) is 17.0 Å². The first-order chi connectivity index (χ1) is 12.3. The zero-order valence-electron chi connectivity index (χ0n) is 15.0. The summed E-state index contributed by atoms with van der Waals surface area (Å²) < 4.78 is 33.1. The quantitative estimate of drug-likeness (QED) is 0.849. The van der Waals surface area contributed by atoms with E-state index in [4.69, 9.17) is 4.74 Å². The van der Waals surface area contributed by atoms with E-state index in [9.17, 15) is 13.2 Å². The van der Waals surface area contributed by atoms with Gasteiger partial charge in [-0.1, -0.05) is 18.2 Å². The standard InChI is InChI=1S/C17H22N4O4S/c1-18-17(22)13-10-15(19-14-7-5-4-6-12(13)14)16-11-21(8-9-25-16)26(23,24)20(2)3/h4-7,10,16H,8-9,11H2,1-3H3,(H,18,22)/t16-/m1/s1. The summed E-state index contributed by atoms with van der Waals surface area (Å²) in [6, 6.07) is 9.02. The molecule has 1 atom stereocenters. The predicted molar refractivity (Wildman–Crippen MR) is 98.0 cm³/mol. The largest absolute Gasteiger partial charge is 0.369 e. The summed E-state index contributed by atoms with van der Waals surface area (Å²) in [5, 5.41) is 3.37. The number of ether oxygens (including phenoxy) is 1. The Morgan fingerprint density at radius 2 is 2.08 bits per heavy atom. The first-order valence-corrected chi connectivity index (χ1v) is 9.65. The van der Waals surface area contributed by atoms with Gasteiger partial charge in [0.05, 0.1) is 23.4 Å². The van der Waals surface area contributed by atoms with E-state index in [0.717, 1.165) is 5.39 Å². The second-order valence-corrected chi connectivity index (χ2v) is 8.34. The number of fused-ring (bicyclic) bond motifs is 1. The van der Waals surface area contributed by atoms with Gasteiger partial charge in [0.25, 0.3) is 16.1 Å². The molecule has 0 bridgehead atoms. The Balaban J connectivity index is 2.01. The summed E-state index contributed by atoms with van der Waals surface area (Å²) in [5.41, 5.74) is 1.70. The van der Waals surface area contributed by atoms with Crippen LogP contribution in [-0.2, 0) is 14.9 Å². The van der Waals surface area contributed by atoms with Crippen molar-refractivity contribution in [2.75, 3.05) is 40.8 Å². The number of benzene rings is 1. The van der Waals surface area contributed by atoms with Crippen LogP contribution in [0.5, 0.6) is 0 Å². The van der Waals surface area contributed by atoms with Crippen LogP contribution in [0.4, 0.5) is 0 Å². The van der Waals surface area contributed by atoms with Crippen LogP contribution in [0.25, 0.3) is 10.9 Å². The topological polar surface area (TPSA) is 91.8 Å². The second-order valence-electron chi connectivity index (χ2n) is 6.20. The van der Waals surface area contributed by atoms with Crippen LogP contribution >= 0.6 is 0 Å². The average molecular weight is 378 g/mol. The predicted octanol–water partition coefficient (Wildman–Crippen LogP) is 0.774. The van der Waals surface area contributed by atoms with Crippen LogP contribution in [-0.4, -0.2) is 68.8 Å². The van der Waals surface area contributed by atoms with Gasteiger partial charge in [-0.15, -0.1) is 0 Å². The van der Waals surface area contributed by atoms with E-state index in [2.05, 4.69) is 10.3 Å². The molecule has 1 aliphatic heterocycles. The van der Waals surface area contributed by atoms with Gasteiger partial charge in [-0.05, 0) is 12.1 Å². The smallest absolute Gasteiger partial charge is 0.281 e. The summed E-state index contributed by atoms with van der Waals surface area (Å²) in [5.74, 6) is -0.224. The van der Waals surface area contributed by atoms with Gasteiger partial charge in [0.1, 0.15) is 6.10 Å². The highest BCUT2D eigenvalue weighted by atomic mass is 32.2. The first kappa shape index (κ1) is 18.7.